The fraction of sp³-hybridized carbons (Fsp3) is 0.278. The number of aryl methyl sites for hydroxylation is 1. The zero-order chi connectivity index (χ0) is 18.1. The second-order valence-corrected chi connectivity index (χ2v) is 6.25. The summed E-state index contributed by atoms with van der Waals surface area (Å²) in [6.45, 7) is 3.27. The smallest absolute Gasteiger partial charge is 0.291 e. The molecule has 0 spiro atoms. The lowest BCUT2D eigenvalue weighted by Crippen LogP contribution is -2.32. The van der Waals surface area contributed by atoms with E-state index in [1.807, 2.05) is 24.6 Å². The topological polar surface area (TPSA) is 88.8 Å². The van der Waals surface area contributed by atoms with Crippen molar-refractivity contribution >= 4 is 17.5 Å². The van der Waals surface area contributed by atoms with Gasteiger partial charge in [0, 0.05) is 55.7 Å². The number of imidazole rings is 1. The van der Waals surface area contributed by atoms with Crippen LogP contribution in [0.4, 0.5) is 11.6 Å². The van der Waals surface area contributed by atoms with E-state index in [-0.39, 0.29) is 5.91 Å². The SMILES string of the molecule is Cc1cc(NC(=O)c2nc3c(n2C)CCN(c2ncccn2)C3)ccn1. The van der Waals surface area contributed by atoms with E-state index < -0.39 is 0 Å². The molecule has 4 heterocycles. The molecule has 132 valence electrons. The van der Waals surface area contributed by atoms with Gasteiger partial charge in [-0.05, 0) is 25.1 Å². The summed E-state index contributed by atoms with van der Waals surface area (Å²) in [5.41, 5.74) is 3.53. The van der Waals surface area contributed by atoms with Gasteiger partial charge in [-0.15, -0.1) is 0 Å². The van der Waals surface area contributed by atoms with Crippen LogP contribution in [0.3, 0.4) is 0 Å². The number of carbonyl (C=O) groups excluding carboxylic acids is 1. The number of aromatic nitrogens is 5. The monoisotopic (exact) mass is 349 g/mol. The molecule has 0 atom stereocenters. The summed E-state index contributed by atoms with van der Waals surface area (Å²) >= 11 is 0. The second-order valence-electron chi connectivity index (χ2n) is 6.25. The van der Waals surface area contributed by atoms with Gasteiger partial charge in [-0.25, -0.2) is 15.0 Å². The second kappa shape index (κ2) is 6.55. The van der Waals surface area contributed by atoms with Gasteiger partial charge in [-0.3, -0.25) is 9.78 Å². The third-order valence-electron chi connectivity index (χ3n) is 4.45. The quantitative estimate of drug-likeness (QED) is 0.775. The van der Waals surface area contributed by atoms with Crippen LogP contribution in [0.2, 0.25) is 0 Å². The molecule has 0 saturated heterocycles. The molecule has 0 saturated carbocycles. The minimum atomic E-state index is -0.227. The molecule has 0 bridgehead atoms. The van der Waals surface area contributed by atoms with Crippen molar-refractivity contribution in [1.29, 1.82) is 0 Å². The standard InChI is InChI=1S/C18H19N7O/c1-12-10-13(4-8-19-12)22-17(26)16-23-14-11-25(9-5-15(14)24(16)2)18-20-6-3-7-21-18/h3-4,6-8,10H,5,9,11H2,1-2H3,(H,19,22,26). The molecule has 1 amide bonds. The van der Waals surface area contributed by atoms with Crippen LogP contribution in [0.5, 0.6) is 0 Å². The molecular formula is C18H19N7O. The largest absolute Gasteiger partial charge is 0.334 e. The summed E-state index contributed by atoms with van der Waals surface area (Å²) in [5.74, 6) is 0.859. The Morgan fingerprint density at radius 1 is 1.19 bits per heavy atom. The Labute approximate surface area is 150 Å². The summed E-state index contributed by atoms with van der Waals surface area (Å²) < 4.78 is 1.88. The minimum Gasteiger partial charge on any atom is -0.334 e. The van der Waals surface area contributed by atoms with Gasteiger partial charge in [0.25, 0.3) is 5.91 Å². The van der Waals surface area contributed by atoms with E-state index in [9.17, 15) is 4.79 Å². The zero-order valence-corrected chi connectivity index (χ0v) is 14.7. The Bertz CT molecular complexity index is 951. The van der Waals surface area contributed by atoms with Crippen molar-refractivity contribution in [3.8, 4) is 0 Å². The van der Waals surface area contributed by atoms with Crippen molar-refractivity contribution in [2.45, 2.75) is 19.9 Å². The van der Waals surface area contributed by atoms with Crippen LogP contribution in [0.1, 0.15) is 27.7 Å². The van der Waals surface area contributed by atoms with Crippen LogP contribution in [-0.4, -0.2) is 37.0 Å². The summed E-state index contributed by atoms with van der Waals surface area (Å²) in [5, 5.41) is 2.89. The molecule has 0 aromatic carbocycles. The van der Waals surface area contributed by atoms with Gasteiger partial charge in [-0.2, -0.15) is 0 Å². The number of nitrogens with zero attached hydrogens (tertiary/aromatic N) is 6. The number of fused-ring (bicyclic) bond motifs is 1. The number of amides is 1. The van der Waals surface area contributed by atoms with Crippen LogP contribution in [-0.2, 0) is 20.0 Å². The molecule has 1 aliphatic rings. The first-order valence-electron chi connectivity index (χ1n) is 8.42. The highest BCUT2D eigenvalue weighted by Gasteiger charge is 2.26. The molecule has 8 nitrogen and oxygen atoms in total. The van der Waals surface area contributed by atoms with Gasteiger partial charge in [0.15, 0.2) is 5.82 Å². The Hall–Kier alpha value is -3.29. The lowest BCUT2D eigenvalue weighted by Gasteiger charge is -2.26. The number of pyridine rings is 1. The average molecular weight is 349 g/mol. The van der Waals surface area contributed by atoms with E-state index in [0.29, 0.717) is 24.0 Å². The molecule has 1 aliphatic heterocycles. The van der Waals surface area contributed by atoms with E-state index >= 15 is 0 Å². The molecule has 26 heavy (non-hydrogen) atoms. The molecule has 3 aromatic rings. The fourth-order valence-corrected chi connectivity index (χ4v) is 3.17. The van der Waals surface area contributed by atoms with Gasteiger partial charge in [0.05, 0.1) is 12.2 Å². The Kier molecular flexibility index (Phi) is 4.08. The summed E-state index contributed by atoms with van der Waals surface area (Å²) in [6, 6.07) is 5.39. The molecule has 0 aliphatic carbocycles. The fourth-order valence-electron chi connectivity index (χ4n) is 3.17. The Morgan fingerprint density at radius 3 is 2.77 bits per heavy atom. The lowest BCUT2D eigenvalue weighted by atomic mass is 10.1. The maximum atomic E-state index is 12.7. The van der Waals surface area contributed by atoms with Crippen LogP contribution < -0.4 is 10.2 Å². The molecule has 0 unspecified atom stereocenters. The zero-order valence-electron chi connectivity index (χ0n) is 14.7. The van der Waals surface area contributed by atoms with Gasteiger partial charge in [-0.1, -0.05) is 0 Å². The molecule has 0 radical (unpaired) electrons. The minimum absolute atomic E-state index is 0.227. The number of rotatable bonds is 3. The van der Waals surface area contributed by atoms with Gasteiger partial charge in [0.1, 0.15) is 0 Å². The Morgan fingerprint density at radius 2 is 2.00 bits per heavy atom. The van der Waals surface area contributed by atoms with E-state index in [2.05, 4.69) is 30.2 Å². The van der Waals surface area contributed by atoms with E-state index in [4.69, 9.17) is 0 Å². The van der Waals surface area contributed by atoms with E-state index in [0.717, 1.165) is 30.0 Å². The van der Waals surface area contributed by atoms with Crippen LogP contribution >= 0.6 is 0 Å². The highest BCUT2D eigenvalue weighted by atomic mass is 16.2. The maximum absolute atomic E-state index is 12.7. The van der Waals surface area contributed by atoms with Crippen LogP contribution in [0.25, 0.3) is 0 Å². The molecule has 0 fully saturated rings. The Balaban J connectivity index is 1.57. The molecule has 4 rings (SSSR count). The first-order chi connectivity index (χ1) is 12.6. The molecule has 8 heteroatoms. The average Bonchev–Trinajstić information content (AvgIpc) is 2.99. The molecule has 3 aromatic heterocycles. The third kappa shape index (κ3) is 3.01. The van der Waals surface area contributed by atoms with Crippen molar-refractivity contribution in [2.24, 2.45) is 7.05 Å². The van der Waals surface area contributed by atoms with E-state index in [1.165, 1.54) is 0 Å². The van der Waals surface area contributed by atoms with Gasteiger partial charge >= 0.3 is 0 Å². The normalized spacial score (nSPS) is 13.4. The predicted octanol–water partition coefficient (Wildman–Crippen LogP) is 1.73. The van der Waals surface area contributed by atoms with Crippen molar-refractivity contribution in [3.05, 3.63) is 59.7 Å². The highest BCUT2D eigenvalue weighted by molar-refractivity contribution is 6.02. The molecule has 1 N–H and O–H groups in total. The number of hydrogen-bond donors (Lipinski definition) is 1. The van der Waals surface area contributed by atoms with Crippen molar-refractivity contribution in [3.63, 3.8) is 0 Å². The number of anilines is 2. The van der Waals surface area contributed by atoms with Crippen molar-refractivity contribution in [2.75, 3.05) is 16.8 Å². The van der Waals surface area contributed by atoms with Crippen molar-refractivity contribution < 1.29 is 4.79 Å². The van der Waals surface area contributed by atoms with Crippen LogP contribution in [0.15, 0.2) is 36.8 Å². The maximum Gasteiger partial charge on any atom is 0.291 e. The highest BCUT2D eigenvalue weighted by Crippen LogP contribution is 2.22. The van der Waals surface area contributed by atoms with Gasteiger partial charge in [0.2, 0.25) is 5.95 Å². The van der Waals surface area contributed by atoms with Gasteiger partial charge < -0.3 is 14.8 Å². The first-order valence-corrected chi connectivity index (χ1v) is 8.42. The van der Waals surface area contributed by atoms with E-state index in [1.54, 1.807) is 30.7 Å². The summed E-state index contributed by atoms with van der Waals surface area (Å²) in [7, 11) is 1.88. The number of carbonyl (C=O) groups is 1. The lowest BCUT2D eigenvalue weighted by molar-refractivity contribution is 0.101. The first kappa shape index (κ1) is 16.2. The summed E-state index contributed by atoms with van der Waals surface area (Å²) in [4.78, 5) is 32.1. The van der Waals surface area contributed by atoms with Crippen LogP contribution in [0, 0.1) is 6.92 Å². The third-order valence-corrected chi connectivity index (χ3v) is 4.45. The summed E-state index contributed by atoms with van der Waals surface area (Å²) in [6.07, 6.45) is 5.92. The molecular weight excluding hydrogens is 330 g/mol. The number of hydrogen-bond acceptors (Lipinski definition) is 6. The number of nitrogens with one attached hydrogen (secondary N) is 1. The predicted molar refractivity (Wildman–Crippen MR) is 96.9 cm³/mol. The van der Waals surface area contributed by atoms with Crippen molar-refractivity contribution in [1.82, 2.24) is 24.5 Å².